The van der Waals surface area contributed by atoms with E-state index < -0.39 is 10.0 Å². The summed E-state index contributed by atoms with van der Waals surface area (Å²) in [6, 6.07) is 23.9. The monoisotopic (exact) mass is 364 g/mol. The molecule has 3 aromatic carbocycles. The summed E-state index contributed by atoms with van der Waals surface area (Å²) < 4.78 is 22.7. The Hall–Kier alpha value is -2.47. The molecule has 4 nitrogen and oxygen atoms in total. The quantitative estimate of drug-likeness (QED) is 0.730. The molecule has 0 amide bonds. The van der Waals surface area contributed by atoms with E-state index in [0.29, 0.717) is 0 Å². The van der Waals surface area contributed by atoms with Crippen LogP contribution in [0.2, 0.25) is 0 Å². The maximum absolute atomic E-state index is 11.3. The van der Waals surface area contributed by atoms with E-state index in [1.165, 1.54) is 22.3 Å². The number of nitrogens with two attached hydrogens (primary N) is 1. The second kappa shape index (κ2) is 6.68. The van der Waals surface area contributed by atoms with Crippen LogP contribution in [-0.4, -0.2) is 15.0 Å². The number of hydrogen-bond acceptors (Lipinski definition) is 3. The lowest BCUT2D eigenvalue weighted by Crippen LogP contribution is -2.23. The zero-order chi connectivity index (χ0) is 18.1. The van der Waals surface area contributed by atoms with Crippen LogP contribution in [0, 0.1) is 0 Å². The van der Waals surface area contributed by atoms with Gasteiger partial charge in [-0.2, -0.15) is 0 Å². The number of benzene rings is 3. The third kappa shape index (κ3) is 3.17. The van der Waals surface area contributed by atoms with Gasteiger partial charge < -0.3 is 5.32 Å². The largest absolute Gasteiger partial charge is 0.306 e. The van der Waals surface area contributed by atoms with Crippen LogP contribution in [0.5, 0.6) is 0 Å². The molecule has 0 aromatic heterocycles. The second-order valence-corrected chi connectivity index (χ2v) is 8.06. The Kier molecular flexibility index (Phi) is 4.36. The molecule has 0 unspecified atom stereocenters. The molecule has 0 saturated carbocycles. The van der Waals surface area contributed by atoms with Gasteiger partial charge in [0.25, 0.3) is 0 Å². The fourth-order valence-electron chi connectivity index (χ4n) is 3.58. The second-order valence-electron chi connectivity index (χ2n) is 6.50. The molecule has 0 heterocycles. The predicted molar refractivity (Wildman–Crippen MR) is 103 cm³/mol. The van der Waals surface area contributed by atoms with Gasteiger partial charge >= 0.3 is 0 Å². The van der Waals surface area contributed by atoms with Crippen LogP contribution in [0.3, 0.4) is 0 Å². The first-order valence-electron chi connectivity index (χ1n) is 8.57. The van der Waals surface area contributed by atoms with E-state index in [4.69, 9.17) is 5.14 Å². The minimum Gasteiger partial charge on any atom is -0.306 e. The van der Waals surface area contributed by atoms with Crippen LogP contribution in [0.4, 0.5) is 0 Å². The molecule has 0 aliphatic heterocycles. The van der Waals surface area contributed by atoms with Gasteiger partial charge in [-0.1, -0.05) is 60.7 Å². The van der Waals surface area contributed by atoms with Crippen molar-refractivity contribution in [3.8, 4) is 11.1 Å². The Balaban J connectivity index is 1.49. The molecule has 132 valence electrons. The van der Waals surface area contributed by atoms with Crippen LogP contribution in [0.15, 0.2) is 77.7 Å². The highest BCUT2D eigenvalue weighted by atomic mass is 32.2. The van der Waals surface area contributed by atoms with Gasteiger partial charge in [-0.05, 0) is 46.4 Å². The van der Waals surface area contributed by atoms with Crippen LogP contribution >= 0.6 is 0 Å². The zero-order valence-electron chi connectivity index (χ0n) is 14.2. The van der Waals surface area contributed by atoms with Gasteiger partial charge in [0.1, 0.15) is 0 Å². The maximum atomic E-state index is 11.3. The first-order chi connectivity index (χ1) is 12.5. The smallest absolute Gasteiger partial charge is 0.238 e. The van der Waals surface area contributed by atoms with Crippen molar-refractivity contribution in [2.75, 3.05) is 6.54 Å². The van der Waals surface area contributed by atoms with Gasteiger partial charge in [0, 0.05) is 6.54 Å². The van der Waals surface area contributed by atoms with Gasteiger partial charge in [-0.15, -0.1) is 0 Å². The lowest BCUT2D eigenvalue weighted by Gasteiger charge is -2.16. The molecule has 0 atom stereocenters. The van der Waals surface area contributed by atoms with Crippen LogP contribution in [0.25, 0.3) is 11.1 Å². The van der Waals surface area contributed by atoms with Gasteiger partial charge in [0.2, 0.25) is 10.0 Å². The zero-order valence-corrected chi connectivity index (χ0v) is 15.0. The average Bonchev–Trinajstić information content (AvgIpc) is 2.96. The Morgan fingerprint density at radius 2 is 1.35 bits per heavy atom. The van der Waals surface area contributed by atoms with E-state index in [2.05, 4.69) is 53.8 Å². The summed E-state index contributed by atoms with van der Waals surface area (Å²) in [5.74, 6) is 0. The molecule has 3 aromatic rings. The molecule has 0 spiro atoms. The van der Waals surface area contributed by atoms with Crippen molar-refractivity contribution in [3.63, 3.8) is 0 Å². The Bertz CT molecular complexity index is 998. The highest BCUT2D eigenvalue weighted by Gasteiger charge is 2.27. The molecule has 1 aliphatic rings. The molecule has 0 bridgehead atoms. The summed E-state index contributed by atoms with van der Waals surface area (Å²) in [6.07, 6.45) is 0.811. The summed E-state index contributed by atoms with van der Waals surface area (Å²) in [5, 5.41) is 8.78. The van der Waals surface area contributed by atoms with E-state index in [-0.39, 0.29) is 10.9 Å². The molecule has 0 saturated heterocycles. The molecule has 0 fully saturated rings. The Morgan fingerprint density at radius 1 is 0.808 bits per heavy atom. The molecule has 0 radical (unpaired) electrons. The summed E-state index contributed by atoms with van der Waals surface area (Å²) in [6.45, 7) is 0.794. The van der Waals surface area contributed by atoms with Crippen molar-refractivity contribution in [3.05, 3.63) is 89.5 Å². The van der Waals surface area contributed by atoms with Gasteiger partial charge in [-0.25, -0.2) is 13.6 Å². The van der Waals surface area contributed by atoms with Crippen LogP contribution in [0.1, 0.15) is 22.7 Å². The van der Waals surface area contributed by atoms with Crippen LogP contribution in [-0.2, 0) is 16.4 Å². The highest BCUT2D eigenvalue weighted by Crippen LogP contribution is 2.42. The Labute approximate surface area is 153 Å². The summed E-state index contributed by atoms with van der Waals surface area (Å²) in [5.41, 5.74) is 6.26. The topological polar surface area (TPSA) is 72.2 Å². The number of rotatable bonds is 5. The fourth-order valence-corrected chi connectivity index (χ4v) is 4.10. The number of primary sulfonamides is 1. The molecule has 5 heteroatoms. The van der Waals surface area contributed by atoms with Crippen molar-refractivity contribution < 1.29 is 8.42 Å². The van der Waals surface area contributed by atoms with Gasteiger partial charge in [-0.3, -0.25) is 0 Å². The van der Waals surface area contributed by atoms with Crippen molar-refractivity contribution in [1.82, 2.24) is 5.32 Å². The summed E-state index contributed by atoms with van der Waals surface area (Å²) in [4.78, 5) is 0.146. The summed E-state index contributed by atoms with van der Waals surface area (Å²) >= 11 is 0. The average molecular weight is 364 g/mol. The SMILES string of the molecule is NS(=O)(=O)c1ccc(CCNC2c3ccccc3-c3ccccc32)cc1. The standard InChI is InChI=1S/C21H20N2O2S/c22-26(24,25)16-11-9-15(10-12-16)13-14-23-21-19-7-3-1-5-17(19)18-6-2-4-8-20(18)21/h1-12,21,23H,13-14H2,(H2,22,24,25). The van der Waals surface area contributed by atoms with Crippen molar-refractivity contribution in [2.24, 2.45) is 5.14 Å². The van der Waals surface area contributed by atoms with E-state index in [9.17, 15) is 8.42 Å². The van der Waals surface area contributed by atoms with Crippen molar-refractivity contribution >= 4 is 10.0 Å². The lowest BCUT2D eigenvalue weighted by atomic mass is 10.0. The summed E-state index contributed by atoms with van der Waals surface area (Å²) in [7, 11) is -3.64. The number of hydrogen-bond donors (Lipinski definition) is 2. The van der Waals surface area contributed by atoms with Crippen molar-refractivity contribution in [2.45, 2.75) is 17.4 Å². The van der Waals surface area contributed by atoms with E-state index in [1.807, 2.05) is 12.1 Å². The molecular formula is C21H20N2O2S. The minimum atomic E-state index is -3.64. The van der Waals surface area contributed by atoms with Gasteiger partial charge in [0.15, 0.2) is 0 Å². The van der Waals surface area contributed by atoms with Gasteiger partial charge in [0.05, 0.1) is 10.9 Å². The number of fused-ring (bicyclic) bond motifs is 3. The molecule has 3 N–H and O–H groups in total. The third-order valence-electron chi connectivity index (χ3n) is 4.85. The first-order valence-corrected chi connectivity index (χ1v) is 10.1. The number of nitrogens with one attached hydrogen (secondary N) is 1. The predicted octanol–water partition coefficient (Wildman–Crippen LogP) is 3.24. The molecule has 26 heavy (non-hydrogen) atoms. The fraction of sp³-hybridized carbons (Fsp3) is 0.143. The lowest BCUT2D eigenvalue weighted by molar-refractivity contribution is 0.597. The number of sulfonamides is 1. The molecule has 4 rings (SSSR count). The van der Waals surface area contributed by atoms with E-state index in [1.54, 1.807) is 12.1 Å². The minimum absolute atomic E-state index is 0.146. The van der Waals surface area contributed by atoms with E-state index >= 15 is 0 Å². The molecular weight excluding hydrogens is 344 g/mol. The van der Waals surface area contributed by atoms with Crippen molar-refractivity contribution in [1.29, 1.82) is 0 Å². The van der Waals surface area contributed by atoms with Crippen LogP contribution < -0.4 is 10.5 Å². The third-order valence-corrected chi connectivity index (χ3v) is 5.78. The normalized spacial score (nSPS) is 13.4. The molecule has 1 aliphatic carbocycles. The van der Waals surface area contributed by atoms with E-state index in [0.717, 1.165) is 18.5 Å². The Morgan fingerprint density at radius 3 is 1.88 bits per heavy atom. The first kappa shape index (κ1) is 17.0. The highest BCUT2D eigenvalue weighted by molar-refractivity contribution is 7.89. The maximum Gasteiger partial charge on any atom is 0.238 e.